The van der Waals surface area contributed by atoms with Gasteiger partial charge in [0.05, 0.1) is 13.7 Å². The third-order valence-corrected chi connectivity index (χ3v) is 5.35. The van der Waals surface area contributed by atoms with Gasteiger partial charge in [-0.15, -0.1) is 0 Å². The van der Waals surface area contributed by atoms with Crippen molar-refractivity contribution in [2.75, 3.05) is 13.2 Å². The highest BCUT2D eigenvalue weighted by molar-refractivity contribution is 14.1. The molecule has 1 heterocycles. The van der Waals surface area contributed by atoms with Gasteiger partial charge in [-0.1, -0.05) is 6.07 Å². The number of aromatic hydroxyl groups is 2. The number of aromatic carboxylic acids is 1. The van der Waals surface area contributed by atoms with Crippen LogP contribution in [0.15, 0.2) is 30.3 Å². The van der Waals surface area contributed by atoms with Crippen LogP contribution in [0.2, 0.25) is 0 Å². The number of phenols is 2. The van der Waals surface area contributed by atoms with Crippen LogP contribution in [0, 0.1) is 7.14 Å². The molecule has 0 spiro atoms. The number of rotatable bonds is 5. The van der Waals surface area contributed by atoms with Gasteiger partial charge < -0.3 is 29.5 Å². The third-order valence-electron chi connectivity index (χ3n) is 3.70. The summed E-state index contributed by atoms with van der Waals surface area (Å²) in [5.74, 6) is -1.34. The molecule has 9 heteroatoms. The van der Waals surface area contributed by atoms with E-state index in [-0.39, 0.29) is 36.0 Å². The fourth-order valence-electron chi connectivity index (χ4n) is 2.47. The Balaban J connectivity index is 1.66. The van der Waals surface area contributed by atoms with Gasteiger partial charge in [-0.3, -0.25) is 0 Å². The van der Waals surface area contributed by atoms with E-state index in [0.717, 1.165) is 5.56 Å². The Morgan fingerprint density at radius 1 is 1.23 bits per heavy atom. The molecule has 0 aromatic heterocycles. The zero-order valence-corrected chi connectivity index (χ0v) is 17.5. The molecule has 0 radical (unpaired) electrons. The molecule has 7 nitrogen and oxygen atoms in total. The van der Waals surface area contributed by atoms with Gasteiger partial charge >= 0.3 is 5.97 Å². The second kappa shape index (κ2) is 8.15. The molecule has 1 saturated heterocycles. The average molecular weight is 584 g/mol. The molecule has 3 rings (SSSR count). The second-order valence-electron chi connectivity index (χ2n) is 5.52. The second-order valence-corrected chi connectivity index (χ2v) is 7.85. The molecular formula is C17H14I2O7. The summed E-state index contributed by atoms with van der Waals surface area (Å²) < 4.78 is 18.4. The van der Waals surface area contributed by atoms with Crippen molar-refractivity contribution in [3.63, 3.8) is 0 Å². The number of hydrogen-bond acceptors (Lipinski definition) is 6. The lowest BCUT2D eigenvalue weighted by atomic mass is 10.2. The number of carboxylic acid groups (broad SMARTS) is 1. The highest BCUT2D eigenvalue weighted by Gasteiger charge is 2.29. The fourth-order valence-corrected chi connectivity index (χ4v) is 4.29. The summed E-state index contributed by atoms with van der Waals surface area (Å²) in [6.45, 7) is 0.354. The van der Waals surface area contributed by atoms with Gasteiger partial charge in [0.15, 0.2) is 6.29 Å². The molecule has 0 saturated carbocycles. The van der Waals surface area contributed by atoms with Gasteiger partial charge in [-0.05, 0) is 69.4 Å². The topological polar surface area (TPSA) is 105 Å². The molecule has 0 aliphatic carbocycles. The van der Waals surface area contributed by atoms with Gasteiger partial charge in [-0.25, -0.2) is 4.79 Å². The van der Waals surface area contributed by atoms with E-state index in [1.54, 1.807) is 12.1 Å². The van der Waals surface area contributed by atoms with Crippen LogP contribution >= 0.6 is 45.2 Å². The first kappa shape index (κ1) is 19.5. The zero-order valence-electron chi connectivity index (χ0n) is 13.2. The predicted octanol–water partition coefficient (Wildman–Crippen LogP) is 3.50. The van der Waals surface area contributed by atoms with Gasteiger partial charge in [0.2, 0.25) is 0 Å². The third kappa shape index (κ3) is 4.15. The molecule has 2 unspecified atom stereocenters. The molecule has 26 heavy (non-hydrogen) atoms. The van der Waals surface area contributed by atoms with Crippen molar-refractivity contribution in [3.05, 3.63) is 48.6 Å². The van der Waals surface area contributed by atoms with Crippen LogP contribution in [-0.4, -0.2) is 40.6 Å². The molecule has 2 atom stereocenters. The minimum absolute atomic E-state index is 0.0679. The average Bonchev–Trinajstić information content (AvgIpc) is 3.06. The van der Waals surface area contributed by atoms with E-state index in [2.05, 4.69) is 0 Å². The summed E-state index contributed by atoms with van der Waals surface area (Å²) in [5, 5.41) is 28.7. The van der Waals surface area contributed by atoms with Crippen LogP contribution in [0.25, 0.3) is 0 Å². The highest BCUT2D eigenvalue weighted by atomic mass is 127. The Bertz CT molecular complexity index is 817. The SMILES string of the molecule is O=C(O)c1c(O)cccc1OCC1COC(c2cc(I)c(O)c(I)c2)O1. The minimum atomic E-state index is -1.27. The van der Waals surface area contributed by atoms with Crippen LogP contribution in [0.4, 0.5) is 0 Å². The monoisotopic (exact) mass is 584 g/mol. The van der Waals surface area contributed by atoms with Gasteiger partial charge in [0.1, 0.15) is 35.5 Å². The van der Waals surface area contributed by atoms with Crippen molar-refractivity contribution in [3.8, 4) is 17.2 Å². The fraction of sp³-hybridized carbons (Fsp3) is 0.235. The lowest BCUT2D eigenvalue weighted by Gasteiger charge is -2.15. The molecule has 3 N–H and O–H groups in total. The summed E-state index contributed by atoms with van der Waals surface area (Å²) in [6.07, 6.45) is -0.984. The van der Waals surface area contributed by atoms with E-state index in [0.29, 0.717) is 7.14 Å². The van der Waals surface area contributed by atoms with Crippen LogP contribution in [-0.2, 0) is 9.47 Å². The number of carboxylic acids is 1. The molecule has 2 aromatic carbocycles. The maximum atomic E-state index is 11.2. The number of hydrogen-bond donors (Lipinski definition) is 3. The van der Waals surface area contributed by atoms with E-state index in [1.807, 2.05) is 45.2 Å². The molecule has 1 aliphatic heterocycles. The summed E-state index contributed by atoms with van der Waals surface area (Å²) in [5.41, 5.74) is 0.494. The van der Waals surface area contributed by atoms with Crippen molar-refractivity contribution in [1.82, 2.24) is 0 Å². The van der Waals surface area contributed by atoms with Crippen LogP contribution in [0.1, 0.15) is 22.2 Å². The minimum Gasteiger partial charge on any atom is -0.507 e. The molecular weight excluding hydrogens is 570 g/mol. The number of carbonyl (C=O) groups is 1. The van der Waals surface area contributed by atoms with Crippen molar-refractivity contribution in [2.24, 2.45) is 0 Å². The molecule has 0 bridgehead atoms. The van der Waals surface area contributed by atoms with Crippen LogP contribution in [0.3, 0.4) is 0 Å². The Labute approximate surface area is 176 Å². The van der Waals surface area contributed by atoms with Crippen molar-refractivity contribution < 1.29 is 34.3 Å². The van der Waals surface area contributed by atoms with E-state index in [4.69, 9.17) is 14.2 Å². The molecule has 0 amide bonds. The summed E-state index contributed by atoms with van der Waals surface area (Å²) >= 11 is 4.07. The molecule has 138 valence electrons. The number of phenolic OH excluding ortho intramolecular Hbond substituents is 1. The lowest BCUT2D eigenvalue weighted by Crippen LogP contribution is -2.20. The lowest BCUT2D eigenvalue weighted by molar-refractivity contribution is -0.0660. The Hall–Kier alpha value is -1.31. The first-order valence-electron chi connectivity index (χ1n) is 7.50. The number of halogens is 2. The Kier molecular flexibility index (Phi) is 6.10. The van der Waals surface area contributed by atoms with E-state index < -0.39 is 18.4 Å². The Morgan fingerprint density at radius 2 is 1.92 bits per heavy atom. The maximum absolute atomic E-state index is 11.2. The number of benzene rings is 2. The predicted molar refractivity (Wildman–Crippen MR) is 108 cm³/mol. The van der Waals surface area contributed by atoms with Crippen molar-refractivity contribution in [2.45, 2.75) is 12.4 Å². The quantitative estimate of drug-likeness (QED) is 0.463. The van der Waals surface area contributed by atoms with Gasteiger partial charge in [0, 0.05) is 5.56 Å². The van der Waals surface area contributed by atoms with E-state index in [9.17, 15) is 20.1 Å². The van der Waals surface area contributed by atoms with Crippen LogP contribution in [0.5, 0.6) is 17.2 Å². The summed E-state index contributed by atoms with van der Waals surface area (Å²) in [4.78, 5) is 11.2. The summed E-state index contributed by atoms with van der Waals surface area (Å²) in [6, 6.07) is 7.83. The summed E-state index contributed by atoms with van der Waals surface area (Å²) in [7, 11) is 0. The first-order chi connectivity index (χ1) is 12.4. The van der Waals surface area contributed by atoms with E-state index >= 15 is 0 Å². The molecule has 1 aliphatic rings. The molecule has 2 aromatic rings. The largest absolute Gasteiger partial charge is 0.507 e. The van der Waals surface area contributed by atoms with Gasteiger partial charge in [-0.2, -0.15) is 0 Å². The smallest absolute Gasteiger partial charge is 0.343 e. The van der Waals surface area contributed by atoms with E-state index in [1.165, 1.54) is 18.2 Å². The Morgan fingerprint density at radius 3 is 2.58 bits per heavy atom. The number of ether oxygens (including phenoxy) is 3. The maximum Gasteiger partial charge on any atom is 0.343 e. The standard InChI is InChI=1S/C17H14I2O7/c18-10-4-8(5-11(19)15(10)21)17-25-7-9(26-17)6-24-13-3-1-2-12(20)14(13)16(22)23/h1-5,9,17,20-21H,6-7H2,(H,22,23). The first-order valence-corrected chi connectivity index (χ1v) is 9.65. The van der Waals surface area contributed by atoms with Crippen molar-refractivity contribution >= 4 is 51.2 Å². The molecule has 1 fully saturated rings. The van der Waals surface area contributed by atoms with Crippen molar-refractivity contribution in [1.29, 1.82) is 0 Å². The van der Waals surface area contributed by atoms with Crippen LogP contribution < -0.4 is 4.74 Å². The highest BCUT2D eigenvalue weighted by Crippen LogP contribution is 2.34. The zero-order chi connectivity index (χ0) is 18.8. The van der Waals surface area contributed by atoms with Gasteiger partial charge in [0.25, 0.3) is 0 Å². The normalized spacial score (nSPS) is 19.5.